The quantitative estimate of drug-likeness (QED) is 0.804. The highest BCUT2D eigenvalue weighted by Crippen LogP contribution is 2.01. The number of nitrogens with zero attached hydrogens (tertiary/aromatic N) is 2. The van der Waals surface area contributed by atoms with Crippen molar-refractivity contribution in [3.8, 4) is 6.07 Å². The molecule has 0 saturated heterocycles. The maximum Gasteiger partial charge on any atom is 0.252 e. The van der Waals surface area contributed by atoms with E-state index in [1.54, 1.807) is 19.2 Å². The van der Waals surface area contributed by atoms with Crippen LogP contribution in [0.2, 0.25) is 0 Å². The van der Waals surface area contributed by atoms with Gasteiger partial charge in [0, 0.05) is 18.9 Å². The fourth-order valence-corrected chi connectivity index (χ4v) is 1.07. The summed E-state index contributed by atoms with van der Waals surface area (Å²) in [5, 5.41) is 11.2. The number of amides is 1. The second-order valence-electron chi connectivity index (χ2n) is 3.49. The largest absolute Gasteiger partial charge is 0.351 e. The Morgan fingerprint density at radius 2 is 2.40 bits per heavy atom. The van der Waals surface area contributed by atoms with E-state index in [-0.39, 0.29) is 11.8 Å². The standard InChI is InChI=1S/C11H13N3O/c1-8-3-10(7-13-5-8)11(15)14-6-9(2)4-12/h3,5,7,9H,6H2,1-2H3,(H,14,15). The molecular weight excluding hydrogens is 190 g/mol. The van der Waals surface area contributed by atoms with E-state index in [0.29, 0.717) is 12.1 Å². The summed E-state index contributed by atoms with van der Waals surface area (Å²) in [7, 11) is 0. The van der Waals surface area contributed by atoms with Gasteiger partial charge in [-0.3, -0.25) is 9.78 Å². The van der Waals surface area contributed by atoms with Gasteiger partial charge in [0.2, 0.25) is 0 Å². The maximum atomic E-state index is 11.6. The number of carbonyl (C=O) groups excluding carboxylic acids is 1. The molecule has 4 heteroatoms. The lowest BCUT2D eigenvalue weighted by Crippen LogP contribution is -2.27. The van der Waals surface area contributed by atoms with E-state index < -0.39 is 0 Å². The van der Waals surface area contributed by atoms with Gasteiger partial charge in [0.1, 0.15) is 0 Å². The summed E-state index contributed by atoms with van der Waals surface area (Å²) in [6.45, 7) is 4.00. The van der Waals surface area contributed by atoms with Gasteiger partial charge in [-0.25, -0.2) is 0 Å². The molecule has 1 N–H and O–H groups in total. The maximum absolute atomic E-state index is 11.6. The van der Waals surface area contributed by atoms with Gasteiger partial charge < -0.3 is 5.32 Å². The van der Waals surface area contributed by atoms with Crippen LogP contribution in [0.15, 0.2) is 18.5 Å². The van der Waals surface area contributed by atoms with Crippen LogP contribution >= 0.6 is 0 Å². The van der Waals surface area contributed by atoms with Gasteiger partial charge in [0.25, 0.3) is 5.91 Å². The molecule has 1 amide bonds. The molecule has 0 aromatic carbocycles. The number of aryl methyl sites for hydroxylation is 1. The summed E-state index contributed by atoms with van der Waals surface area (Å²) < 4.78 is 0. The Kier molecular flexibility index (Phi) is 3.81. The third-order valence-electron chi connectivity index (χ3n) is 1.93. The zero-order valence-electron chi connectivity index (χ0n) is 8.82. The van der Waals surface area contributed by atoms with Gasteiger partial charge in [-0.05, 0) is 25.5 Å². The molecule has 0 aliphatic heterocycles. The molecule has 1 atom stereocenters. The lowest BCUT2D eigenvalue weighted by Gasteiger charge is -2.05. The molecule has 0 radical (unpaired) electrons. The fourth-order valence-electron chi connectivity index (χ4n) is 1.07. The Bertz CT molecular complexity index is 395. The topological polar surface area (TPSA) is 65.8 Å². The minimum Gasteiger partial charge on any atom is -0.351 e. The molecule has 1 heterocycles. The van der Waals surface area contributed by atoms with Gasteiger partial charge in [0.05, 0.1) is 17.6 Å². The monoisotopic (exact) mass is 203 g/mol. The fraction of sp³-hybridized carbons (Fsp3) is 0.364. The molecule has 1 aromatic rings. The zero-order valence-corrected chi connectivity index (χ0v) is 8.82. The number of hydrogen-bond acceptors (Lipinski definition) is 3. The second kappa shape index (κ2) is 5.11. The van der Waals surface area contributed by atoms with Crippen LogP contribution in [0.25, 0.3) is 0 Å². The molecule has 0 bridgehead atoms. The van der Waals surface area contributed by atoms with Crippen molar-refractivity contribution in [2.24, 2.45) is 5.92 Å². The average molecular weight is 203 g/mol. The normalized spacial score (nSPS) is 11.5. The van der Waals surface area contributed by atoms with Gasteiger partial charge >= 0.3 is 0 Å². The third kappa shape index (κ3) is 3.39. The molecule has 15 heavy (non-hydrogen) atoms. The van der Waals surface area contributed by atoms with E-state index >= 15 is 0 Å². The molecule has 0 spiro atoms. The van der Waals surface area contributed by atoms with Crippen LogP contribution < -0.4 is 5.32 Å². The van der Waals surface area contributed by atoms with Crippen molar-refractivity contribution < 1.29 is 4.79 Å². The van der Waals surface area contributed by atoms with E-state index in [4.69, 9.17) is 5.26 Å². The van der Waals surface area contributed by atoms with Crippen molar-refractivity contribution in [2.45, 2.75) is 13.8 Å². The molecule has 0 saturated carbocycles. The summed E-state index contributed by atoms with van der Waals surface area (Å²) in [6.07, 6.45) is 3.20. The molecule has 1 rings (SSSR count). The molecule has 0 aliphatic rings. The predicted octanol–water partition coefficient (Wildman–Crippen LogP) is 1.28. The van der Waals surface area contributed by atoms with Crippen molar-refractivity contribution in [3.63, 3.8) is 0 Å². The number of aromatic nitrogens is 1. The first-order chi connectivity index (χ1) is 7.13. The summed E-state index contributed by atoms with van der Waals surface area (Å²) in [5.74, 6) is -0.361. The Hall–Kier alpha value is -1.89. The van der Waals surface area contributed by atoms with Crippen LogP contribution in [0.1, 0.15) is 22.8 Å². The Balaban J connectivity index is 2.59. The third-order valence-corrected chi connectivity index (χ3v) is 1.93. The highest BCUT2D eigenvalue weighted by atomic mass is 16.1. The van der Waals surface area contributed by atoms with Crippen molar-refractivity contribution >= 4 is 5.91 Å². The van der Waals surface area contributed by atoms with E-state index in [1.165, 1.54) is 6.20 Å². The molecule has 0 aliphatic carbocycles. The summed E-state index contributed by atoms with van der Waals surface area (Å²) >= 11 is 0. The molecule has 1 aromatic heterocycles. The molecule has 0 fully saturated rings. The van der Waals surface area contributed by atoms with E-state index in [2.05, 4.69) is 16.4 Å². The van der Waals surface area contributed by atoms with Crippen molar-refractivity contribution in [1.29, 1.82) is 5.26 Å². The molecule has 1 unspecified atom stereocenters. The SMILES string of the molecule is Cc1cncc(C(=O)NCC(C)C#N)c1. The minimum atomic E-state index is -0.187. The Morgan fingerprint density at radius 1 is 1.67 bits per heavy atom. The first-order valence-corrected chi connectivity index (χ1v) is 4.73. The van der Waals surface area contributed by atoms with Crippen LogP contribution in [0.4, 0.5) is 0 Å². The summed E-state index contributed by atoms with van der Waals surface area (Å²) in [4.78, 5) is 15.5. The lowest BCUT2D eigenvalue weighted by atomic mass is 10.2. The zero-order chi connectivity index (χ0) is 11.3. The smallest absolute Gasteiger partial charge is 0.252 e. The second-order valence-corrected chi connectivity index (χ2v) is 3.49. The van der Waals surface area contributed by atoms with Gasteiger partial charge in [-0.2, -0.15) is 5.26 Å². The highest BCUT2D eigenvalue weighted by molar-refractivity contribution is 5.93. The van der Waals surface area contributed by atoms with E-state index in [9.17, 15) is 4.79 Å². The summed E-state index contributed by atoms with van der Waals surface area (Å²) in [6, 6.07) is 3.82. The Morgan fingerprint density at radius 3 is 3.00 bits per heavy atom. The van der Waals surface area contributed by atoms with Gasteiger partial charge in [-0.15, -0.1) is 0 Å². The number of rotatable bonds is 3. The van der Waals surface area contributed by atoms with Crippen LogP contribution in [-0.2, 0) is 0 Å². The first kappa shape index (κ1) is 11.2. The lowest BCUT2D eigenvalue weighted by molar-refractivity contribution is 0.0950. The van der Waals surface area contributed by atoms with Gasteiger partial charge in [-0.1, -0.05) is 0 Å². The Labute approximate surface area is 88.9 Å². The van der Waals surface area contributed by atoms with Crippen LogP contribution in [-0.4, -0.2) is 17.4 Å². The van der Waals surface area contributed by atoms with Gasteiger partial charge in [0.15, 0.2) is 0 Å². The number of nitrogens with one attached hydrogen (secondary N) is 1. The molecule has 78 valence electrons. The predicted molar refractivity (Wildman–Crippen MR) is 56.1 cm³/mol. The number of hydrogen-bond donors (Lipinski definition) is 1. The van der Waals surface area contributed by atoms with Crippen LogP contribution in [0.3, 0.4) is 0 Å². The van der Waals surface area contributed by atoms with Crippen LogP contribution in [0.5, 0.6) is 0 Å². The summed E-state index contributed by atoms with van der Waals surface area (Å²) in [5.41, 5.74) is 1.47. The van der Waals surface area contributed by atoms with E-state index in [1.807, 2.05) is 6.92 Å². The van der Waals surface area contributed by atoms with Crippen LogP contribution in [0, 0.1) is 24.2 Å². The molecular formula is C11H13N3O. The number of carbonyl (C=O) groups is 1. The average Bonchev–Trinajstić information content (AvgIpc) is 2.25. The molecule has 4 nitrogen and oxygen atoms in total. The van der Waals surface area contributed by atoms with Crippen molar-refractivity contribution in [3.05, 3.63) is 29.6 Å². The first-order valence-electron chi connectivity index (χ1n) is 4.73. The number of nitriles is 1. The highest BCUT2D eigenvalue weighted by Gasteiger charge is 2.07. The number of pyridine rings is 1. The minimum absolute atomic E-state index is 0.174. The van der Waals surface area contributed by atoms with Crippen molar-refractivity contribution in [1.82, 2.24) is 10.3 Å². The van der Waals surface area contributed by atoms with E-state index in [0.717, 1.165) is 5.56 Å². The van der Waals surface area contributed by atoms with Crippen molar-refractivity contribution in [2.75, 3.05) is 6.54 Å².